The van der Waals surface area contributed by atoms with Gasteiger partial charge >= 0.3 is 0 Å². The fraction of sp³-hybridized carbons (Fsp3) is 0.136. The molecular formula is C22H22N4. The Morgan fingerprint density at radius 2 is 1.58 bits per heavy atom. The molecule has 0 saturated heterocycles. The fourth-order valence-corrected chi connectivity index (χ4v) is 3.23. The van der Waals surface area contributed by atoms with E-state index in [0.717, 1.165) is 33.9 Å². The lowest BCUT2D eigenvalue weighted by Crippen LogP contribution is -2.13. The van der Waals surface area contributed by atoms with Crippen molar-refractivity contribution in [3.05, 3.63) is 84.7 Å². The van der Waals surface area contributed by atoms with Crippen molar-refractivity contribution >= 4 is 28.1 Å². The maximum Gasteiger partial charge on any atom is 0.128 e. The summed E-state index contributed by atoms with van der Waals surface area (Å²) in [6, 6.07) is 27.0. The van der Waals surface area contributed by atoms with Crippen molar-refractivity contribution in [2.24, 2.45) is 7.05 Å². The summed E-state index contributed by atoms with van der Waals surface area (Å²) in [4.78, 5) is 6.94. The lowest BCUT2D eigenvalue weighted by Gasteiger charge is -2.23. The fourth-order valence-electron chi connectivity index (χ4n) is 3.23. The van der Waals surface area contributed by atoms with Crippen LogP contribution in [0.5, 0.6) is 0 Å². The Labute approximate surface area is 153 Å². The molecule has 0 radical (unpaired) electrons. The number of nitrogens with one attached hydrogen (secondary N) is 1. The van der Waals surface area contributed by atoms with Gasteiger partial charge in [-0.05, 0) is 36.4 Å². The second-order valence-electron chi connectivity index (χ2n) is 6.34. The quantitative estimate of drug-likeness (QED) is 0.557. The van der Waals surface area contributed by atoms with E-state index in [1.165, 1.54) is 0 Å². The number of hydrogen-bond donors (Lipinski definition) is 1. The first-order chi connectivity index (χ1) is 12.7. The number of para-hydroxylation sites is 5. The Hall–Kier alpha value is -3.27. The normalized spacial score (nSPS) is 10.8. The van der Waals surface area contributed by atoms with E-state index < -0.39 is 0 Å². The van der Waals surface area contributed by atoms with E-state index in [-0.39, 0.29) is 0 Å². The third-order valence-corrected chi connectivity index (χ3v) is 4.73. The molecule has 0 fully saturated rings. The van der Waals surface area contributed by atoms with Crippen LogP contribution < -0.4 is 10.2 Å². The van der Waals surface area contributed by atoms with Crippen molar-refractivity contribution in [2.75, 3.05) is 17.3 Å². The number of hydrogen-bond acceptors (Lipinski definition) is 3. The lowest BCUT2D eigenvalue weighted by molar-refractivity contribution is 0.834. The molecule has 4 aromatic rings. The zero-order valence-corrected chi connectivity index (χ0v) is 15.1. The maximum absolute atomic E-state index is 4.75. The van der Waals surface area contributed by atoms with Crippen molar-refractivity contribution in [1.82, 2.24) is 9.55 Å². The number of rotatable bonds is 5. The highest BCUT2D eigenvalue weighted by Gasteiger charge is 2.11. The minimum Gasteiger partial charge on any atom is -0.376 e. The molecule has 0 atom stereocenters. The third kappa shape index (κ3) is 3.02. The van der Waals surface area contributed by atoms with Gasteiger partial charge in [-0.2, -0.15) is 0 Å². The van der Waals surface area contributed by atoms with Crippen molar-refractivity contribution < 1.29 is 0 Å². The third-order valence-electron chi connectivity index (χ3n) is 4.73. The van der Waals surface area contributed by atoms with E-state index in [2.05, 4.69) is 89.5 Å². The highest BCUT2D eigenvalue weighted by molar-refractivity contribution is 5.77. The minimum atomic E-state index is 0.671. The molecule has 0 unspecified atom stereocenters. The molecule has 4 rings (SSSR count). The predicted molar refractivity (Wildman–Crippen MR) is 109 cm³/mol. The van der Waals surface area contributed by atoms with Crippen molar-refractivity contribution in [3.63, 3.8) is 0 Å². The molecule has 1 N–H and O–H groups in total. The standard InChI is InChI=1S/C22H22N4/c1-25(17-10-4-3-5-11-17)20-14-8-6-12-18(20)23-16-22-24-19-13-7-9-15-21(19)26(22)2/h3-15,23H,16H2,1-2H3. The first kappa shape index (κ1) is 16.2. The van der Waals surface area contributed by atoms with E-state index in [9.17, 15) is 0 Å². The van der Waals surface area contributed by atoms with Crippen LogP contribution in [-0.4, -0.2) is 16.6 Å². The average Bonchev–Trinajstić information content (AvgIpc) is 3.03. The van der Waals surface area contributed by atoms with Crippen LogP contribution in [0.15, 0.2) is 78.9 Å². The number of nitrogens with zero attached hydrogens (tertiary/aromatic N) is 3. The van der Waals surface area contributed by atoms with Gasteiger partial charge in [0, 0.05) is 19.8 Å². The molecular weight excluding hydrogens is 320 g/mol. The number of aromatic nitrogens is 2. The van der Waals surface area contributed by atoms with E-state index >= 15 is 0 Å². The molecule has 1 heterocycles. The monoisotopic (exact) mass is 342 g/mol. The molecule has 3 aromatic carbocycles. The number of imidazole rings is 1. The molecule has 0 spiro atoms. The molecule has 130 valence electrons. The molecule has 0 aliphatic rings. The summed E-state index contributed by atoms with van der Waals surface area (Å²) in [5.74, 6) is 1.02. The first-order valence-electron chi connectivity index (χ1n) is 8.76. The van der Waals surface area contributed by atoms with Gasteiger partial charge in [0.2, 0.25) is 0 Å². The van der Waals surface area contributed by atoms with Crippen molar-refractivity contribution in [2.45, 2.75) is 6.54 Å². The van der Waals surface area contributed by atoms with Gasteiger partial charge in [-0.15, -0.1) is 0 Å². The van der Waals surface area contributed by atoms with Crippen molar-refractivity contribution in [3.8, 4) is 0 Å². The minimum absolute atomic E-state index is 0.671. The van der Waals surface area contributed by atoms with Gasteiger partial charge in [-0.25, -0.2) is 4.98 Å². The summed E-state index contributed by atoms with van der Waals surface area (Å²) < 4.78 is 2.14. The van der Waals surface area contributed by atoms with Crippen LogP contribution in [0.25, 0.3) is 11.0 Å². The molecule has 4 nitrogen and oxygen atoms in total. The molecule has 4 heteroatoms. The Morgan fingerprint density at radius 3 is 2.38 bits per heavy atom. The SMILES string of the molecule is CN(c1ccccc1)c1ccccc1NCc1nc2ccccc2n1C. The number of fused-ring (bicyclic) bond motifs is 1. The Morgan fingerprint density at radius 1 is 0.885 bits per heavy atom. The average molecular weight is 342 g/mol. The highest BCUT2D eigenvalue weighted by atomic mass is 15.1. The first-order valence-corrected chi connectivity index (χ1v) is 8.76. The largest absolute Gasteiger partial charge is 0.376 e. The summed E-state index contributed by atoms with van der Waals surface area (Å²) >= 11 is 0. The second kappa shape index (κ2) is 6.92. The van der Waals surface area contributed by atoms with Crippen LogP contribution in [0.4, 0.5) is 17.1 Å². The molecule has 26 heavy (non-hydrogen) atoms. The van der Waals surface area contributed by atoms with Crippen LogP contribution in [-0.2, 0) is 13.6 Å². The summed E-state index contributed by atoms with van der Waals surface area (Å²) in [5, 5.41) is 3.56. The molecule has 0 aliphatic carbocycles. The number of aryl methyl sites for hydroxylation is 1. The predicted octanol–water partition coefficient (Wildman–Crippen LogP) is 4.95. The summed E-state index contributed by atoms with van der Waals surface area (Å²) in [7, 11) is 4.15. The lowest BCUT2D eigenvalue weighted by atomic mass is 10.2. The Balaban J connectivity index is 1.60. The van der Waals surface area contributed by atoms with Gasteiger partial charge in [-0.3, -0.25) is 0 Å². The molecule has 0 amide bonds. The topological polar surface area (TPSA) is 33.1 Å². The van der Waals surface area contributed by atoms with Gasteiger partial charge in [0.1, 0.15) is 5.82 Å². The molecule has 0 saturated carbocycles. The van der Waals surface area contributed by atoms with Crippen LogP contribution in [0, 0.1) is 0 Å². The number of benzene rings is 3. The Kier molecular flexibility index (Phi) is 4.32. The van der Waals surface area contributed by atoms with Gasteiger partial charge in [0.15, 0.2) is 0 Å². The smallest absolute Gasteiger partial charge is 0.128 e. The van der Waals surface area contributed by atoms with E-state index in [4.69, 9.17) is 4.98 Å². The number of anilines is 3. The summed E-state index contributed by atoms with van der Waals surface area (Å²) in [5.41, 5.74) is 5.56. The van der Waals surface area contributed by atoms with Gasteiger partial charge in [-0.1, -0.05) is 42.5 Å². The zero-order valence-electron chi connectivity index (χ0n) is 15.1. The van der Waals surface area contributed by atoms with Crippen molar-refractivity contribution in [1.29, 1.82) is 0 Å². The van der Waals surface area contributed by atoms with Gasteiger partial charge < -0.3 is 14.8 Å². The van der Waals surface area contributed by atoms with Gasteiger partial charge in [0.25, 0.3) is 0 Å². The van der Waals surface area contributed by atoms with Crippen LogP contribution in [0.3, 0.4) is 0 Å². The van der Waals surface area contributed by atoms with Gasteiger partial charge in [0.05, 0.1) is 29.0 Å². The summed E-state index contributed by atoms with van der Waals surface area (Å²) in [6.07, 6.45) is 0. The molecule has 0 bridgehead atoms. The molecule has 0 aliphatic heterocycles. The molecule has 1 aromatic heterocycles. The van der Waals surface area contributed by atoms with E-state index in [1.807, 2.05) is 18.2 Å². The summed E-state index contributed by atoms with van der Waals surface area (Å²) in [6.45, 7) is 0.671. The highest BCUT2D eigenvalue weighted by Crippen LogP contribution is 2.30. The Bertz CT molecular complexity index is 1020. The van der Waals surface area contributed by atoms with Crippen LogP contribution in [0.1, 0.15) is 5.82 Å². The van der Waals surface area contributed by atoms with Crippen LogP contribution in [0.2, 0.25) is 0 Å². The second-order valence-corrected chi connectivity index (χ2v) is 6.34. The van der Waals surface area contributed by atoms with E-state index in [1.54, 1.807) is 0 Å². The van der Waals surface area contributed by atoms with Crippen LogP contribution >= 0.6 is 0 Å². The zero-order chi connectivity index (χ0) is 17.9. The maximum atomic E-state index is 4.75. The van der Waals surface area contributed by atoms with E-state index in [0.29, 0.717) is 6.54 Å².